The first-order valence-electron chi connectivity index (χ1n) is 10.4. The summed E-state index contributed by atoms with van der Waals surface area (Å²) in [4.78, 5) is 22.7. The first-order chi connectivity index (χ1) is 15.9. The van der Waals surface area contributed by atoms with E-state index in [0.29, 0.717) is 35.4 Å². The molecule has 9 heteroatoms. The molecule has 4 aromatic rings. The van der Waals surface area contributed by atoms with Crippen molar-refractivity contribution in [3.8, 4) is 17.0 Å². The number of hydrogen-bond donors (Lipinski definition) is 2. The van der Waals surface area contributed by atoms with Gasteiger partial charge in [0.15, 0.2) is 5.65 Å². The van der Waals surface area contributed by atoms with Crippen LogP contribution in [0.5, 0.6) is 5.75 Å². The molecule has 8 nitrogen and oxygen atoms in total. The molecule has 0 spiro atoms. The molecule has 5 rings (SSSR count). The third-order valence-electron chi connectivity index (χ3n) is 5.82. The summed E-state index contributed by atoms with van der Waals surface area (Å²) < 4.78 is 15.7. The van der Waals surface area contributed by atoms with Gasteiger partial charge in [0.25, 0.3) is 0 Å². The van der Waals surface area contributed by atoms with E-state index in [1.165, 1.54) is 24.5 Å². The van der Waals surface area contributed by atoms with Gasteiger partial charge >= 0.3 is 0 Å². The summed E-state index contributed by atoms with van der Waals surface area (Å²) in [6.07, 6.45) is 3.41. The van der Waals surface area contributed by atoms with Crippen LogP contribution in [0.3, 0.4) is 0 Å². The number of nitrogens with two attached hydrogens (primary N) is 1. The molecule has 1 atom stereocenters. The Balaban J connectivity index is 1.57. The van der Waals surface area contributed by atoms with Gasteiger partial charge in [0.1, 0.15) is 29.4 Å². The maximum atomic E-state index is 14.0. The summed E-state index contributed by atoms with van der Waals surface area (Å²) in [7, 11) is 0. The van der Waals surface area contributed by atoms with Gasteiger partial charge in [0.2, 0.25) is 5.91 Å². The monoisotopic (exact) mass is 444 g/mol. The van der Waals surface area contributed by atoms with Gasteiger partial charge in [0.05, 0.1) is 5.39 Å². The third kappa shape index (κ3) is 3.67. The molecule has 2 aromatic heterocycles. The molecule has 1 aliphatic heterocycles. The van der Waals surface area contributed by atoms with E-state index >= 15 is 0 Å². The molecule has 1 amide bonds. The van der Waals surface area contributed by atoms with Gasteiger partial charge in [0, 0.05) is 36.3 Å². The van der Waals surface area contributed by atoms with Gasteiger partial charge in [-0.15, -0.1) is 0 Å². The van der Waals surface area contributed by atoms with Crippen molar-refractivity contribution >= 4 is 28.4 Å². The number of aromatic hydroxyl groups is 1. The van der Waals surface area contributed by atoms with Crippen LogP contribution in [0.15, 0.2) is 61.4 Å². The number of carbonyl (C=O) groups excluding carboxylic acids is 1. The van der Waals surface area contributed by atoms with Crippen LogP contribution < -0.4 is 10.6 Å². The Kier molecular flexibility index (Phi) is 5.01. The van der Waals surface area contributed by atoms with Gasteiger partial charge < -0.3 is 15.7 Å². The zero-order chi connectivity index (χ0) is 23.1. The fourth-order valence-electron chi connectivity index (χ4n) is 4.44. The number of carbonyl (C=O) groups is 1. The second kappa shape index (κ2) is 8.01. The number of rotatable bonds is 4. The van der Waals surface area contributed by atoms with E-state index in [2.05, 4.69) is 21.6 Å². The van der Waals surface area contributed by atoms with Crippen molar-refractivity contribution in [2.24, 2.45) is 5.92 Å². The lowest BCUT2D eigenvalue weighted by Gasteiger charge is -2.34. The van der Waals surface area contributed by atoms with E-state index in [1.807, 2.05) is 24.3 Å². The molecule has 0 fully saturated rings. The summed E-state index contributed by atoms with van der Waals surface area (Å²) in [6, 6.07) is 11.5. The molecule has 0 aliphatic carbocycles. The van der Waals surface area contributed by atoms with Crippen LogP contribution in [0.25, 0.3) is 22.3 Å². The molecule has 166 valence electrons. The Morgan fingerprint density at radius 3 is 2.88 bits per heavy atom. The van der Waals surface area contributed by atoms with E-state index in [1.54, 1.807) is 9.58 Å². The van der Waals surface area contributed by atoms with Crippen molar-refractivity contribution in [2.75, 3.05) is 17.2 Å². The maximum Gasteiger partial charge on any atom is 0.250 e. The number of phenolic OH excluding ortho intramolecular Hbond substituents is 1. The van der Waals surface area contributed by atoms with Crippen LogP contribution in [0, 0.1) is 11.7 Å². The summed E-state index contributed by atoms with van der Waals surface area (Å²) in [5.74, 6) is -0.726. The van der Waals surface area contributed by atoms with Crippen molar-refractivity contribution in [2.45, 2.75) is 13.0 Å². The summed E-state index contributed by atoms with van der Waals surface area (Å²) in [5, 5.41) is 15.0. The molecule has 1 unspecified atom stereocenters. The number of nitrogens with zero attached hydrogens (tertiary/aromatic N) is 5. The number of nitrogen functional groups attached to an aromatic ring is 1. The highest BCUT2D eigenvalue weighted by atomic mass is 19.1. The lowest BCUT2D eigenvalue weighted by atomic mass is 9.92. The van der Waals surface area contributed by atoms with Crippen molar-refractivity contribution in [3.05, 3.63) is 72.8 Å². The molecule has 2 aromatic carbocycles. The first-order valence-corrected chi connectivity index (χ1v) is 10.4. The Labute approximate surface area is 188 Å². The zero-order valence-corrected chi connectivity index (χ0v) is 17.6. The largest absolute Gasteiger partial charge is 0.508 e. The summed E-state index contributed by atoms with van der Waals surface area (Å²) in [6.45, 7) is 4.56. The van der Waals surface area contributed by atoms with Gasteiger partial charge in [-0.1, -0.05) is 24.8 Å². The standard InChI is InChI=1S/C24H21FN6O2/c1-2-20(33)30-11-14(7-15-5-3-4-6-19(15)30)12-31-24-21(23(26)27-13-28-24)22(29-31)16-8-17(25)10-18(32)9-16/h2-6,8-10,13-14,32H,1,7,11-12H2,(H2,26,27,28). The Morgan fingerprint density at radius 2 is 2.09 bits per heavy atom. The highest BCUT2D eigenvalue weighted by molar-refractivity contribution is 6.02. The van der Waals surface area contributed by atoms with Crippen LogP contribution in [0.1, 0.15) is 5.56 Å². The van der Waals surface area contributed by atoms with Crippen LogP contribution in [0.2, 0.25) is 0 Å². The predicted octanol–water partition coefficient (Wildman–Crippen LogP) is 3.31. The number of halogens is 1. The van der Waals surface area contributed by atoms with Gasteiger partial charge in [-0.05, 0) is 36.3 Å². The average molecular weight is 444 g/mol. The number of hydrogen-bond acceptors (Lipinski definition) is 6. The molecule has 3 heterocycles. The SMILES string of the molecule is C=CC(=O)N1CC(Cn2nc(-c3cc(O)cc(F)c3)c3c(N)ncnc32)Cc2ccccc21. The van der Waals surface area contributed by atoms with E-state index in [4.69, 9.17) is 5.73 Å². The highest BCUT2D eigenvalue weighted by Crippen LogP contribution is 2.34. The maximum absolute atomic E-state index is 14.0. The van der Waals surface area contributed by atoms with Gasteiger partial charge in [-0.3, -0.25) is 4.79 Å². The van der Waals surface area contributed by atoms with Crippen molar-refractivity contribution < 1.29 is 14.3 Å². The minimum Gasteiger partial charge on any atom is -0.508 e. The Bertz CT molecular complexity index is 1380. The van der Waals surface area contributed by atoms with Gasteiger partial charge in [-0.25, -0.2) is 19.0 Å². The minimum atomic E-state index is -0.592. The Morgan fingerprint density at radius 1 is 1.27 bits per heavy atom. The van der Waals surface area contributed by atoms with Crippen LogP contribution in [0.4, 0.5) is 15.9 Å². The number of fused-ring (bicyclic) bond motifs is 2. The van der Waals surface area contributed by atoms with Crippen molar-refractivity contribution in [1.29, 1.82) is 0 Å². The fourth-order valence-corrected chi connectivity index (χ4v) is 4.44. The average Bonchev–Trinajstić information content (AvgIpc) is 3.17. The van der Waals surface area contributed by atoms with E-state index in [-0.39, 0.29) is 23.4 Å². The minimum absolute atomic E-state index is 0.0388. The number of amides is 1. The molecule has 0 saturated carbocycles. The summed E-state index contributed by atoms with van der Waals surface area (Å²) >= 11 is 0. The molecule has 0 radical (unpaired) electrons. The highest BCUT2D eigenvalue weighted by Gasteiger charge is 2.29. The van der Waals surface area contributed by atoms with Crippen LogP contribution in [-0.2, 0) is 17.8 Å². The Hall–Kier alpha value is -4.27. The third-order valence-corrected chi connectivity index (χ3v) is 5.82. The lowest BCUT2D eigenvalue weighted by Crippen LogP contribution is -2.40. The first kappa shape index (κ1) is 20.6. The number of benzene rings is 2. The van der Waals surface area contributed by atoms with Crippen molar-refractivity contribution in [1.82, 2.24) is 19.7 Å². The molecule has 0 saturated heterocycles. The predicted molar refractivity (Wildman–Crippen MR) is 123 cm³/mol. The number of aromatic nitrogens is 4. The van der Waals surface area contributed by atoms with Crippen molar-refractivity contribution in [3.63, 3.8) is 0 Å². The van der Waals surface area contributed by atoms with Crippen LogP contribution in [-0.4, -0.2) is 37.3 Å². The smallest absolute Gasteiger partial charge is 0.250 e. The van der Waals surface area contributed by atoms with E-state index in [0.717, 1.165) is 23.7 Å². The molecule has 33 heavy (non-hydrogen) atoms. The zero-order valence-electron chi connectivity index (χ0n) is 17.6. The van der Waals surface area contributed by atoms with E-state index < -0.39 is 5.82 Å². The summed E-state index contributed by atoms with van der Waals surface area (Å²) in [5.41, 5.74) is 9.33. The molecule has 0 bridgehead atoms. The topological polar surface area (TPSA) is 110 Å². The molecular formula is C24H21FN6O2. The molecule has 3 N–H and O–H groups in total. The fraction of sp³-hybridized carbons (Fsp3) is 0.167. The lowest BCUT2D eigenvalue weighted by molar-refractivity contribution is -0.114. The normalized spacial score (nSPS) is 15.4. The quantitative estimate of drug-likeness (QED) is 0.467. The number of phenols is 1. The second-order valence-corrected chi connectivity index (χ2v) is 8.04. The molecular weight excluding hydrogens is 423 g/mol. The van der Waals surface area contributed by atoms with E-state index in [9.17, 15) is 14.3 Å². The number of para-hydroxylation sites is 1. The number of anilines is 2. The second-order valence-electron chi connectivity index (χ2n) is 8.04. The van der Waals surface area contributed by atoms with Crippen LogP contribution >= 0.6 is 0 Å². The molecule has 1 aliphatic rings. The van der Waals surface area contributed by atoms with Gasteiger partial charge in [-0.2, -0.15) is 5.10 Å².